The summed E-state index contributed by atoms with van der Waals surface area (Å²) in [6.07, 6.45) is 7.31. The van der Waals surface area contributed by atoms with Gasteiger partial charge in [0.1, 0.15) is 5.75 Å². The van der Waals surface area contributed by atoms with Crippen molar-refractivity contribution >= 4 is 0 Å². The average molecular weight is 297 g/mol. The lowest BCUT2D eigenvalue weighted by Gasteiger charge is -2.58. The van der Waals surface area contributed by atoms with Crippen molar-refractivity contribution in [1.82, 2.24) is 4.90 Å². The summed E-state index contributed by atoms with van der Waals surface area (Å²) in [6, 6.07) is 4.99. The zero-order valence-corrected chi connectivity index (χ0v) is 13.2. The molecule has 4 aliphatic rings. The van der Waals surface area contributed by atoms with E-state index in [2.05, 4.69) is 36.2 Å². The maximum atomic E-state index is 10.7. The summed E-state index contributed by atoms with van der Waals surface area (Å²) in [5.74, 6) is 1.88. The van der Waals surface area contributed by atoms with Gasteiger partial charge < -0.3 is 14.7 Å². The first-order valence-electron chi connectivity index (χ1n) is 8.42. The predicted octanol–water partition coefficient (Wildman–Crippen LogP) is 1.91. The molecular formula is C19H23NO2. The number of methoxy groups -OCH3 is 1. The smallest absolute Gasteiger partial charge is 0.122 e. The SMILES string of the molecule is COc1ccc2c3c1C[C@H]1[C@@H](O)C=CC4[C@@H](C2)N(C)CC[C@@]341. The fraction of sp³-hybridized carbons (Fsp3) is 0.579. The number of likely N-dealkylation sites (N-methyl/N-ethyl adjacent to an activating group) is 1. The van der Waals surface area contributed by atoms with Crippen LogP contribution in [0.5, 0.6) is 5.75 Å². The lowest BCUT2D eigenvalue weighted by atomic mass is 9.52. The number of benzene rings is 1. The second-order valence-corrected chi connectivity index (χ2v) is 7.53. The Morgan fingerprint density at radius 1 is 1.27 bits per heavy atom. The maximum absolute atomic E-state index is 10.7. The van der Waals surface area contributed by atoms with Gasteiger partial charge in [0.15, 0.2) is 0 Å². The van der Waals surface area contributed by atoms with Crippen molar-refractivity contribution in [3.05, 3.63) is 41.0 Å². The third-order valence-corrected chi connectivity index (χ3v) is 6.94. The molecule has 3 heteroatoms. The normalized spacial score (nSPS) is 41.4. The van der Waals surface area contributed by atoms with Gasteiger partial charge in [0, 0.05) is 23.3 Å². The van der Waals surface area contributed by atoms with Crippen molar-refractivity contribution < 1.29 is 9.84 Å². The lowest BCUT2D eigenvalue weighted by Crippen LogP contribution is -2.62. The van der Waals surface area contributed by atoms with Crippen molar-refractivity contribution in [1.29, 1.82) is 0 Å². The Labute approximate surface area is 131 Å². The molecule has 0 saturated carbocycles. The molecule has 3 nitrogen and oxygen atoms in total. The molecule has 1 N–H and O–H groups in total. The summed E-state index contributed by atoms with van der Waals surface area (Å²) in [5.41, 5.74) is 4.55. The number of likely N-dealkylation sites (tertiary alicyclic amines) is 1. The molecule has 1 heterocycles. The molecule has 2 bridgehead atoms. The first-order valence-corrected chi connectivity index (χ1v) is 8.42. The number of ether oxygens (including phenoxy) is 1. The van der Waals surface area contributed by atoms with E-state index in [1.807, 2.05) is 0 Å². The molecule has 1 aromatic carbocycles. The second-order valence-electron chi connectivity index (χ2n) is 7.53. The minimum Gasteiger partial charge on any atom is -0.496 e. The highest BCUT2D eigenvalue weighted by atomic mass is 16.5. The van der Waals surface area contributed by atoms with Crippen molar-refractivity contribution in [2.75, 3.05) is 20.7 Å². The van der Waals surface area contributed by atoms with E-state index in [0.717, 1.165) is 31.6 Å². The van der Waals surface area contributed by atoms with E-state index in [4.69, 9.17) is 4.74 Å². The Morgan fingerprint density at radius 2 is 2.14 bits per heavy atom. The van der Waals surface area contributed by atoms with Gasteiger partial charge in [-0.05, 0) is 55.6 Å². The summed E-state index contributed by atoms with van der Waals surface area (Å²) in [5, 5.41) is 10.7. The molecule has 1 aliphatic heterocycles. The van der Waals surface area contributed by atoms with Gasteiger partial charge in [-0.1, -0.05) is 18.2 Å². The number of piperidine rings is 1. The van der Waals surface area contributed by atoms with E-state index >= 15 is 0 Å². The van der Waals surface area contributed by atoms with E-state index in [1.54, 1.807) is 7.11 Å². The molecule has 5 atom stereocenters. The number of aliphatic hydroxyl groups excluding tert-OH is 1. The summed E-state index contributed by atoms with van der Waals surface area (Å²) >= 11 is 0. The lowest BCUT2D eigenvalue weighted by molar-refractivity contribution is -0.0156. The van der Waals surface area contributed by atoms with E-state index < -0.39 is 0 Å². The minimum atomic E-state index is -0.316. The first kappa shape index (κ1) is 13.1. The Bertz CT molecular complexity index is 682. The van der Waals surface area contributed by atoms with Crippen LogP contribution in [-0.2, 0) is 18.3 Å². The molecule has 1 spiro atoms. The van der Waals surface area contributed by atoms with Crippen LogP contribution in [0.1, 0.15) is 23.1 Å². The number of aliphatic hydroxyl groups is 1. The summed E-state index contributed by atoms with van der Waals surface area (Å²) in [4.78, 5) is 2.53. The highest BCUT2D eigenvalue weighted by Crippen LogP contribution is 2.62. The van der Waals surface area contributed by atoms with Crippen LogP contribution < -0.4 is 4.74 Å². The van der Waals surface area contributed by atoms with Crippen LogP contribution in [0.2, 0.25) is 0 Å². The highest BCUT2D eigenvalue weighted by Gasteiger charge is 2.62. The quantitative estimate of drug-likeness (QED) is 0.804. The topological polar surface area (TPSA) is 32.7 Å². The minimum absolute atomic E-state index is 0.142. The second kappa shape index (κ2) is 4.15. The Balaban J connectivity index is 1.82. The van der Waals surface area contributed by atoms with Crippen molar-refractivity contribution in [3.8, 4) is 5.75 Å². The van der Waals surface area contributed by atoms with Crippen molar-refractivity contribution in [3.63, 3.8) is 0 Å². The summed E-state index contributed by atoms with van der Waals surface area (Å²) < 4.78 is 5.66. The molecule has 0 radical (unpaired) electrons. The number of nitrogens with zero attached hydrogens (tertiary/aromatic N) is 1. The standard InChI is InChI=1S/C19H23NO2/c1-20-8-7-19-13-4-5-16(21)14(19)10-12-17(22-2)6-3-11(18(12)19)9-15(13)20/h3-6,13-16,21H,7-10H2,1-2H3/t13?,14-,15+,16-,19+/m0/s1. The predicted molar refractivity (Wildman–Crippen MR) is 85.2 cm³/mol. The third-order valence-electron chi connectivity index (χ3n) is 6.94. The molecule has 5 rings (SSSR count). The van der Waals surface area contributed by atoms with Gasteiger partial charge >= 0.3 is 0 Å². The molecular weight excluding hydrogens is 274 g/mol. The van der Waals surface area contributed by atoms with E-state index in [1.165, 1.54) is 16.7 Å². The Hall–Kier alpha value is -1.32. The monoisotopic (exact) mass is 297 g/mol. The van der Waals surface area contributed by atoms with Gasteiger partial charge in [-0.25, -0.2) is 0 Å². The van der Waals surface area contributed by atoms with Crippen LogP contribution in [-0.4, -0.2) is 42.9 Å². The highest BCUT2D eigenvalue weighted by molar-refractivity contribution is 5.58. The molecule has 1 unspecified atom stereocenters. The van der Waals surface area contributed by atoms with Crippen molar-refractivity contribution in [2.45, 2.75) is 36.8 Å². The van der Waals surface area contributed by atoms with Gasteiger partial charge in [-0.2, -0.15) is 0 Å². The van der Waals surface area contributed by atoms with E-state index in [9.17, 15) is 5.11 Å². The molecule has 1 fully saturated rings. The Morgan fingerprint density at radius 3 is 2.95 bits per heavy atom. The third kappa shape index (κ3) is 1.31. The summed E-state index contributed by atoms with van der Waals surface area (Å²) in [6.45, 7) is 1.13. The molecule has 116 valence electrons. The zero-order valence-electron chi connectivity index (χ0n) is 13.2. The van der Waals surface area contributed by atoms with Gasteiger partial charge in [0.2, 0.25) is 0 Å². The Kier molecular flexibility index (Phi) is 2.48. The maximum Gasteiger partial charge on any atom is 0.122 e. The molecule has 0 aromatic heterocycles. The zero-order chi connectivity index (χ0) is 15.1. The fourth-order valence-corrected chi connectivity index (χ4v) is 6.05. The van der Waals surface area contributed by atoms with Gasteiger partial charge in [0.05, 0.1) is 13.2 Å². The van der Waals surface area contributed by atoms with Gasteiger partial charge in [0.25, 0.3) is 0 Å². The molecule has 1 saturated heterocycles. The molecule has 3 aliphatic carbocycles. The fourth-order valence-electron chi connectivity index (χ4n) is 6.05. The number of hydrogen-bond donors (Lipinski definition) is 1. The average Bonchev–Trinajstić information content (AvgIpc) is 2.88. The molecule has 1 aromatic rings. The van der Waals surface area contributed by atoms with Gasteiger partial charge in [-0.3, -0.25) is 0 Å². The molecule has 22 heavy (non-hydrogen) atoms. The van der Waals surface area contributed by atoms with Gasteiger partial charge in [-0.15, -0.1) is 0 Å². The number of rotatable bonds is 1. The molecule has 0 amide bonds. The van der Waals surface area contributed by atoms with Crippen LogP contribution in [0.15, 0.2) is 24.3 Å². The largest absolute Gasteiger partial charge is 0.496 e. The van der Waals surface area contributed by atoms with E-state index in [0.29, 0.717) is 17.9 Å². The van der Waals surface area contributed by atoms with Crippen LogP contribution in [0.25, 0.3) is 0 Å². The summed E-state index contributed by atoms with van der Waals surface area (Å²) in [7, 11) is 4.03. The van der Waals surface area contributed by atoms with Crippen LogP contribution >= 0.6 is 0 Å². The first-order chi connectivity index (χ1) is 10.7. The van der Waals surface area contributed by atoms with Crippen LogP contribution in [0.4, 0.5) is 0 Å². The van der Waals surface area contributed by atoms with E-state index in [-0.39, 0.29) is 11.5 Å². The number of hydrogen-bond acceptors (Lipinski definition) is 3. The van der Waals surface area contributed by atoms with Crippen molar-refractivity contribution in [2.24, 2.45) is 11.8 Å². The van der Waals surface area contributed by atoms with Crippen LogP contribution in [0, 0.1) is 11.8 Å². The van der Waals surface area contributed by atoms with Crippen LogP contribution in [0.3, 0.4) is 0 Å².